The van der Waals surface area contributed by atoms with Crippen LogP contribution in [0.1, 0.15) is 26.3 Å². The van der Waals surface area contributed by atoms with E-state index in [2.05, 4.69) is 25.1 Å². The first-order chi connectivity index (χ1) is 17.8. The molecule has 3 aromatic heterocycles. The van der Waals surface area contributed by atoms with E-state index in [9.17, 15) is 27.2 Å². The van der Waals surface area contributed by atoms with E-state index in [-0.39, 0.29) is 11.6 Å². The Bertz CT molecular complexity index is 1530. The van der Waals surface area contributed by atoms with Crippen LogP contribution >= 0.6 is 0 Å². The predicted octanol–water partition coefficient (Wildman–Crippen LogP) is 5.36. The SMILES string of the molecule is Cc1cc(-c2nc3cccnn3c2-c2ccnc(NC(=O)C(OC(=O)C(F)(F)F)C(C)(C)C)c2)ccc1F. The van der Waals surface area contributed by atoms with E-state index >= 15 is 0 Å². The van der Waals surface area contributed by atoms with Crippen LogP contribution in [0.2, 0.25) is 0 Å². The van der Waals surface area contributed by atoms with E-state index in [1.807, 2.05) is 0 Å². The third-order valence-electron chi connectivity index (χ3n) is 5.59. The number of ether oxygens (including phenoxy) is 1. The molecule has 0 aliphatic rings. The molecule has 1 N–H and O–H groups in total. The number of halogens is 4. The molecule has 0 fully saturated rings. The van der Waals surface area contributed by atoms with Gasteiger partial charge < -0.3 is 10.1 Å². The molecule has 4 aromatic rings. The lowest BCUT2D eigenvalue weighted by Crippen LogP contribution is -2.44. The van der Waals surface area contributed by atoms with Gasteiger partial charge in [-0.3, -0.25) is 4.79 Å². The zero-order chi connectivity index (χ0) is 27.8. The third-order valence-corrected chi connectivity index (χ3v) is 5.59. The molecule has 1 amide bonds. The number of aromatic nitrogens is 4. The zero-order valence-electron chi connectivity index (χ0n) is 20.8. The number of carbonyl (C=O) groups excluding carboxylic acids is 2. The lowest BCUT2D eigenvalue weighted by molar-refractivity contribution is -0.209. The average molecular weight is 529 g/mol. The molecule has 4 rings (SSSR count). The van der Waals surface area contributed by atoms with Crippen LogP contribution < -0.4 is 5.32 Å². The van der Waals surface area contributed by atoms with Crippen LogP contribution in [0.3, 0.4) is 0 Å². The molecule has 0 spiro atoms. The molecule has 0 radical (unpaired) electrons. The summed E-state index contributed by atoms with van der Waals surface area (Å²) in [5.74, 6) is -3.82. The summed E-state index contributed by atoms with van der Waals surface area (Å²) >= 11 is 0. The number of amides is 1. The molecule has 38 heavy (non-hydrogen) atoms. The van der Waals surface area contributed by atoms with Crippen molar-refractivity contribution in [2.45, 2.75) is 40.0 Å². The van der Waals surface area contributed by atoms with E-state index in [1.165, 1.54) is 39.1 Å². The highest BCUT2D eigenvalue weighted by Gasteiger charge is 2.46. The molecule has 1 aromatic carbocycles. The average Bonchev–Trinajstić information content (AvgIpc) is 3.22. The fourth-order valence-corrected chi connectivity index (χ4v) is 3.78. The minimum atomic E-state index is -5.26. The number of hydrogen-bond acceptors (Lipinski definition) is 6. The Morgan fingerprint density at radius 1 is 1.03 bits per heavy atom. The maximum Gasteiger partial charge on any atom is 0.490 e. The number of carbonyl (C=O) groups is 2. The number of esters is 1. The topological polar surface area (TPSA) is 98.5 Å². The standard InChI is InChI=1S/C26H23F4N5O3/c1-14-12-15(7-8-17(14)27)20-21(35-19(34-20)6-5-10-32-35)16-9-11-31-18(13-16)33-23(36)22(25(2,3)4)38-24(37)26(28,29)30/h5-13,22H,1-4H3,(H,31,33,36). The van der Waals surface area contributed by atoms with Gasteiger partial charge in [0.25, 0.3) is 5.91 Å². The van der Waals surface area contributed by atoms with Crippen molar-refractivity contribution in [3.05, 3.63) is 66.2 Å². The summed E-state index contributed by atoms with van der Waals surface area (Å²) in [6.07, 6.45) is -4.06. The second kappa shape index (κ2) is 9.84. The van der Waals surface area contributed by atoms with Crippen molar-refractivity contribution in [3.63, 3.8) is 0 Å². The van der Waals surface area contributed by atoms with E-state index < -0.39 is 29.6 Å². The predicted molar refractivity (Wildman–Crippen MR) is 130 cm³/mol. The Hall–Kier alpha value is -4.35. The van der Waals surface area contributed by atoms with Crippen molar-refractivity contribution in [1.82, 2.24) is 19.6 Å². The second-order valence-electron chi connectivity index (χ2n) is 9.63. The first-order valence-electron chi connectivity index (χ1n) is 11.4. The van der Waals surface area contributed by atoms with Crippen LogP contribution in [0, 0.1) is 18.2 Å². The minimum Gasteiger partial charge on any atom is -0.445 e. The van der Waals surface area contributed by atoms with E-state index in [0.29, 0.717) is 33.7 Å². The quantitative estimate of drug-likeness (QED) is 0.276. The van der Waals surface area contributed by atoms with Crippen molar-refractivity contribution in [1.29, 1.82) is 0 Å². The maximum absolute atomic E-state index is 13.9. The molecule has 0 aliphatic carbocycles. The van der Waals surface area contributed by atoms with Gasteiger partial charge in [0.1, 0.15) is 17.3 Å². The molecule has 0 saturated heterocycles. The van der Waals surface area contributed by atoms with Gasteiger partial charge in [-0.1, -0.05) is 20.8 Å². The second-order valence-corrected chi connectivity index (χ2v) is 9.63. The van der Waals surface area contributed by atoms with E-state index in [4.69, 9.17) is 0 Å². The first-order valence-corrected chi connectivity index (χ1v) is 11.4. The Morgan fingerprint density at radius 2 is 1.76 bits per heavy atom. The molecule has 198 valence electrons. The monoisotopic (exact) mass is 529 g/mol. The summed E-state index contributed by atoms with van der Waals surface area (Å²) < 4.78 is 58.4. The molecule has 0 saturated carbocycles. The molecule has 8 nitrogen and oxygen atoms in total. The van der Waals surface area contributed by atoms with Gasteiger partial charge in [-0.05, 0) is 55.0 Å². The summed E-state index contributed by atoms with van der Waals surface area (Å²) in [4.78, 5) is 33.1. The van der Waals surface area contributed by atoms with Crippen LogP contribution in [0.15, 0.2) is 54.9 Å². The summed E-state index contributed by atoms with van der Waals surface area (Å²) in [5, 5.41) is 6.80. The van der Waals surface area contributed by atoms with Gasteiger partial charge in [0, 0.05) is 28.9 Å². The first kappa shape index (κ1) is 26.7. The Kier molecular flexibility index (Phi) is 6.92. The Balaban J connectivity index is 1.73. The number of nitrogens with zero attached hydrogens (tertiary/aromatic N) is 4. The summed E-state index contributed by atoms with van der Waals surface area (Å²) in [7, 11) is 0. The number of rotatable bonds is 5. The van der Waals surface area contributed by atoms with Gasteiger partial charge in [0.2, 0.25) is 0 Å². The van der Waals surface area contributed by atoms with Gasteiger partial charge in [-0.2, -0.15) is 18.3 Å². The maximum atomic E-state index is 13.9. The Labute approximate surface area is 214 Å². The molecule has 0 bridgehead atoms. The fraction of sp³-hybridized carbons (Fsp3) is 0.269. The van der Waals surface area contributed by atoms with Crippen LogP contribution in [0.5, 0.6) is 0 Å². The highest BCUT2D eigenvalue weighted by molar-refractivity contribution is 5.96. The van der Waals surface area contributed by atoms with Gasteiger partial charge in [-0.25, -0.2) is 23.7 Å². The molecule has 12 heteroatoms. The summed E-state index contributed by atoms with van der Waals surface area (Å²) in [5.41, 5.74) is 1.91. The van der Waals surface area contributed by atoms with Crippen LogP contribution in [-0.4, -0.2) is 43.7 Å². The van der Waals surface area contributed by atoms with Crippen molar-refractivity contribution in [3.8, 4) is 22.5 Å². The van der Waals surface area contributed by atoms with Crippen molar-refractivity contribution < 1.29 is 31.9 Å². The number of benzene rings is 1. The number of hydrogen-bond donors (Lipinski definition) is 1. The smallest absolute Gasteiger partial charge is 0.445 e. The van der Waals surface area contributed by atoms with Crippen molar-refractivity contribution >= 4 is 23.3 Å². The van der Waals surface area contributed by atoms with Crippen molar-refractivity contribution in [2.24, 2.45) is 5.41 Å². The van der Waals surface area contributed by atoms with Gasteiger partial charge in [0.05, 0.1) is 5.69 Å². The van der Waals surface area contributed by atoms with Crippen molar-refractivity contribution in [2.75, 3.05) is 5.32 Å². The van der Waals surface area contributed by atoms with Crippen LogP contribution in [-0.2, 0) is 14.3 Å². The molecular formula is C26H23F4N5O3. The van der Waals surface area contributed by atoms with Crippen LogP contribution in [0.25, 0.3) is 28.2 Å². The minimum absolute atomic E-state index is 0.00285. The molecule has 3 heterocycles. The molecular weight excluding hydrogens is 506 g/mol. The van der Waals surface area contributed by atoms with Gasteiger partial charge in [-0.15, -0.1) is 0 Å². The Morgan fingerprint density at radius 3 is 2.42 bits per heavy atom. The summed E-state index contributed by atoms with van der Waals surface area (Å²) in [6, 6.07) is 11.1. The number of nitrogens with one attached hydrogen (secondary N) is 1. The summed E-state index contributed by atoms with van der Waals surface area (Å²) in [6.45, 7) is 6.02. The molecule has 0 aliphatic heterocycles. The molecule has 1 atom stereocenters. The van der Waals surface area contributed by atoms with Gasteiger partial charge >= 0.3 is 12.1 Å². The number of alkyl halides is 3. The lowest BCUT2D eigenvalue weighted by atomic mass is 9.88. The lowest BCUT2D eigenvalue weighted by Gasteiger charge is -2.29. The highest BCUT2D eigenvalue weighted by Crippen LogP contribution is 2.34. The number of fused-ring (bicyclic) bond motifs is 1. The largest absolute Gasteiger partial charge is 0.490 e. The zero-order valence-corrected chi connectivity index (χ0v) is 20.8. The normalized spacial score (nSPS) is 12.8. The van der Waals surface area contributed by atoms with Crippen LogP contribution in [0.4, 0.5) is 23.4 Å². The molecule has 1 unspecified atom stereocenters. The van der Waals surface area contributed by atoms with E-state index in [1.54, 1.807) is 48.0 Å². The fourth-order valence-electron chi connectivity index (χ4n) is 3.78. The number of anilines is 1. The number of imidazole rings is 1. The number of aryl methyl sites for hydroxylation is 1. The van der Waals surface area contributed by atoms with E-state index in [0.717, 1.165) is 0 Å². The number of pyridine rings is 1. The third kappa shape index (κ3) is 5.48. The van der Waals surface area contributed by atoms with Gasteiger partial charge in [0.15, 0.2) is 11.8 Å². The highest BCUT2D eigenvalue weighted by atomic mass is 19.4.